The topological polar surface area (TPSA) is 78.2 Å². The predicted molar refractivity (Wildman–Crippen MR) is 150 cm³/mol. The molecule has 1 unspecified atom stereocenters. The zero-order chi connectivity index (χ0) is 27.7. The van der Waals surface area contributed by atoms with E-state index in [4.69, 9.17) is 18.6 Å². The van der Waals surface area contributed by atoms with Crippen molar-refractivity contribution in [2.24, 2.45) is 0 Å². The Kier molecular flexibility index (Phi) is 7.15. The smallest absolute Gasteiger partial charge is 0.290 e. The van der Waals surface area contributed by atoms with E-state index in [-0.39, 0.29) is 17.1 Å². The summed E-state index contributed by atoms with van der Waals surface area (Å²) in [4.78, 5) is 29.5. The molecule has 5 rings (SSSR count). The Labute approximate surface area is 227 Å². The first-order chi connectivity index (χ1) is 18.9. The summed E-state index contributed by atoms with van der Waals surface area (Å²) in [5.74, 6) is 1.65. The Morgan fingerprint density at radius 3 is 2.54 bits per heavy atom. The summed E-state index contributed by atoms with van der Waals surface area (Å²) in [6.07, 6.45) is 2.21. The molecule has 1 aromatic heterocycles. The summed E-state index contributed by atoms with van der Waals surface area (Å²) < 4.78 is 22.8. The standard InChI is InChI=1S/C32H31NO6/c1-6-14-38-23-9-7-8-22(18-23)28-27-29(34)24-16-19(2)15-20(3)30(24)39-31(27)32(35)33(28)13-12-21-10-11-25(36-4)26(17-21)37-5/h6-11,15-18,28H,1,12-14H2,2-5H3. The van der Waals surface area contributed by atoms with Crippen LogP contribution >= 0.6 is 0 Å². The number of hydrogen-bond donors (Lipinski definition) is 0. The zero-order valence-electron chi connectivity index (χ0n) is 22.6. The Hall–Kier alpha value is -4.52. The van der Waals surface area contributed by atoms with Crippen molar-refractivity contribution in [3.8, 4) is 17.2 Å². The highest BCUT2D eigenvalue weighted by Gasteiger charge is 2.42. The minimum absolute atomic E-state index is 0.0918. The molecule has 0 aliphatic carbocycles. The maximum absolute atomic E-state index is 14.0. The number of carbonyl (C=O) groups excluding carboxylic acids is 1. The number of carbonyl (C=O) groups is 1. The number of rotatable bonds is 9. The molecular formula is C32H31NO6. The number of ether oxygens (including phenoxy) is 3. The fourth-order valence-electron chi connectivity index (χ4n) is 5.27. The fourth-order valence-corrected chi connectivity index (χ4v) is 5.27. The summed E-state index contributed by atoms with van der Waals surface area (Å²) >= 11 is 0. The highest BCUT2D eigenvalue weighted by atomic mass is 16.5. The van der Waals surface area contributed by atoms with E-state index >= 15 is 0 Å². The minimum Gasteiger partial charge on any atom is -0.493 e. The highest BCUT2D eigenvalue weighted by molar-refractivity contribution is 5.99. The van der Waals surface area contributed by atoms with Crippen LogP contribution in [-0.4, -0.2) is 38.2 Å². The number of hydrogen-bond acceptors (Lipinski definition) is 6. The SMILES string of the molecule is C=CCOc1cccc(C2c3c(oc4c(C)cc(C)cc4c3=O)C(=O)N2CCc2ccc(OC)c(OC)c2)c1. The van der Waals surface area contributed by atoms with E-state index in [1.807, 2.05) is 68.4 Å². The average molecular weight is 526 g/mol. The van der Waals surface area contributed by atoms with Gasteiger partial charge in [-0.05, 0) is 72.9 Å². The van der Waals surface area contributed by atoms with Crippen LogP contribution in [0.3, 0.4) is 0 Å². The molecule has 2 heterocycles. The Morgan fingerprint density at radius 2 is 1.79 bits per heavy atom. The van der Waals surface area contributed by atoms with Crippen LogP contribution in [0.25, 0.3) is 11.0 Å². The van der Waals surface area contributed by atoms with E-state index in [9.17, 15) is 9.59 Å². The van der Waals surface area contributed by atoms with Crippen LogP contribution in [0.5, 0.6) is 17.2 Å². The third-order valence-corrected chi connectivity index (χ3v) is 7.03. The molecular weight excluding hydrogens is 494 g/mol. The minimum atomic E-state index is -0.624. The van der Waals surface area contributed by atoms with E-state index in [0.717, 1.165) is 22.3 Å². The molecule has 0 spiro atoms. The average Bonchev–Trinajstić information content (AvgIpc) is 3.22. The van der Waals surface area contributed by atoms with Crippen LogP contribution in [0.15, 0.2) is 76.5 Å². The van der Waals surface area contributed by atoms with Crippen molar-refractivity contribution < 1.29 is 23.4 Å². The lowest BCUT2D eigenvalue weighted by Gasteiger charge is -2.25. The van der Waals surface area contributed by atoms with Crippen LogP contribution in [0.4, 0.5) is 0 Å². The van der Waals surface area contributed by atoms with Crippen LogP contribution in [0.1, 0.15) is 44.4 Å². The van der Waals surface area contributed by atoms with Gasteiger partial charge in [-0.25, -0.2) is 0 Å². The van der Waals surface area contributed by atoms with E-state index in [0.29, 0.717) is 53.4 Å². The summed E-state index contributed by atoms with van der Waals surface area (Å²) in [6, 6.07) is 16.3. The predicted octanol–water partition coefficient (Wildman–Crippen LogP) is 5.78. The van der Waals surface area contributed by atoms with Gasteiger partial charge in [0.25, 0.3) is 5.91 Å². The van der Waals surface area contributed by atoms with Crippen molar-refractivity contribution in [1.82, 2.24) is 4.90 Å². The van der Waals surface area contributed by atoms with Gasteiger partial charge in [-0.2, -0.15) is 0 Å². The summed E-state index contributed by atoms with van der Waals surface area (Å²) in [5.41, 5.74) is 4.12. The second-order valence-electron chi connectivity index (χ2n) is 9.65. The van der Waals surface area contributed by atoms with Gasteiger partial charge in [-0.1, -0.05) is 36.9 Å². The van der Waals surface area contributed by atoms with Gasteiger partial charge >= 0.3 is 0 Å². The molecule has 7 heteroatoms. The van der Waals surface area contributed by atoms with E-state index < -0.39 is 6.04 Å². The van der Waals surface area contributed by atoms with Crippen LogP contribution in [0, 0.1) is 13.8 Å². The number of benzene rings is 3. The molecule has 1 atom stereocenters. The molecule has 0 fully saturated rings. The second-order valence-corrected chi connectivity index (χ2v) is 9.65. The fraction of sp³-hybridized carbons (Fsp3) is 0.250. The molecule has 3 aromatic carbocycles. The van der Waals surface area contributed by atoms with Crippen molar-refractivity contribution in [3.05, 3.63) is 111 Å². The molecule has 1 amide bonds. The van der Waals surface area contributed by atoms with E-state index in [1.54, 1.807) is 25.2 Å². The van der Waals surface area contributed by atoms with Crippen molar-refractivity contribution in [1.29, 1.82) is 0 Å². The largest absolute Gasteiger partial charge is 0.493 e. The van der Waals surface area contributed by atoms with Gasteiger partial charge in [0.1, 0.15) is 17.9 Å². The second kappa shape index (κ2) is 10.7. The summed E-state index contributed by atoms with van der Waals surface area (Å²) in [7, 11) is 3.18. The van der Waals surface area contributed by atoms with Crippen molar-refractivity contribution in [2.75, 3.05) is 27.4 Å². The number of aryl methyl sites for hydroxylation is 2. The number of nitrogens with zero attached hydrogens (tertiary/aromatic N) is 1. The van der Waals surface area contributed by atoms with Gasteiger partial charge in [-0.3, -0.25) is 9.59 Å². The third-order valence-electron chi connectivity index (χ3n) is 7.03. The van der Waals surface area contributed by atoms with Gasteiger partial charge in [0, 0.05) is 6.54 Å². The Bertz CT molecular complexity index is 1640. The molecule has 39 heavy (non-hydrogen) atoms. The van der Waals surface area contributed by atoms with Gasteiger partial charge < -0.3 is 23.5 Å². The highest BCUT2D eigenvalue weighted by Crippen LogP contribution is 2.40. The molecule has 0 radical (unpaired) electrons. The molecule has 0 saturated carbocycles. The summed E-state index contributed by atoms with van der Waals surface area (Å²) in [6.45, 7) is 8.24. The van der Waals surface area contributed by atoms with Crippen molar-refractivity contribution >= 4 is 16.9 Å². The first-order valence-corrected chi connectivity index (χ1v) is 12.8. The molecule has 1 aliphatic heterocycles. The maximum atomic E-state index is 14.0. The molecule has 0 saturated heterocycles. The molecule has 0 bridgehead atoms. The number of fused-ring (bicyclic) bond motifs is 2. The zero-order valence-corrected chi connectivity index (χ0v) is 22.6. The lowest BCUT2D eigenvalue weighted by molar-refractivity contribution is 0.0730. The van der Waals surface area contributed by atoms with Crippen LogP contribution in [0.2, 0.25) is 0 Å². The van der Waals surface area contributed by atoms with Gasteiger partial charge in [0.2, 0.25) is 5.76 Å². The van der Waals surface area contributed by atoms with Gasteiger partial charge in [-0.15, -0.1) is 0 Å². The number of methoxy groups -OCH3 is 2. The normalized spacial score (nSPS) is 14.4. The van der Waals surface area contributed by atoms with Gasteiger partial charge in [0.15, 0.2) is 16.9 Å². The maximum Gasteiger partial charge on any atom is 0.290 e. The Balaban J connectivity index is 1.61. The Morgan fingerprint density at radius 1 is 1.00 bits per heavy atom. The number of amides is 1. The first-order valence-electron chi connectivity index (χ1n) is 12.8. The van der Waals surface area contributed by atoms with Crippen molar-refractivity contribution in [2.45, 2.75) is 26.3 Å². The van der Waals surface area contributed by atoms with Crippen LogP contribution in [-0.2, 0) is 6.42 Å². The lowest BCUT2D eigenvalue weighted by Crippen LogP contribution is -2.31. The first kappa shape index (κ1) is 26.1. The quantitative estimate of drug-likeness (QED) is 0.258. The molecule has 0 N–H and O–H groups in total. The van der Waals surface area contributed by atoms with E-state index in [2.05, 4.69) is 6.58 Å². The monoisotopic (exact) mass is 525 g/mol. The molecule has 1 aliphatic rings. The molecule has 7 nitrogen and oxygen atoms in total. The third kappa shape index (κ3) is 4.76. The van der Waals surface area contributed by atoms with Gasteiger partial charge in [0.05, 0.1) is 31.2 Å². The molecule has 4 aromatic rings. The van der Waals surface area contributed by atoms with Crippen LogP contribution < -0.4 is 19.6 Å². The van der Waals surface area contributed by atoms with Crippen molar-refractivity contribution in [3.63, 3.8) is 0 Å². The molecule has 200 valence electrons. The summed E-state index contributed by atoms with van der Waals surface area (Å²) in [5, 5.41) is 0.477. The lowest BCUT2D eigenvalue weighted by atomic mass is 9.97. The van der Waals surface area contributed by atoms with E-state index in [1.165, 1.54) is 0 Å².